The zero-order chi connectivity index (χ0) is 17.8. The third-order valence-corrected chi connectivity index (χ3v) is 7.36. The van der Waals surface area contributed by atoms with Crippen molar-refractivity contribution < 1.29 is 9.72 Å². The molecule has 3 fully saturated rings. The standard InChI is InChI=1S/C19H22N2O3S/c1-19(2)15(12-5-7-20(19)8-6-12)11-16(22)18-9-13-3-4-14(21(23)24)10-17(13)25-18/h3-4,9-10,12,15H,5-8,11H2,1-2H3/t15-/m1/s1. The van der Waals surface area contributed by atoms with Crippen molar-refractivity contribution in [1.82, 2.24) is 4.90 Å². The molecule has 25 heavy (non-hydrogen) atoms. The van der Waals surface area contributed by atoms with Crippen LogP contribution >= 0.6 is 11.3 Å². The van der Waals surface area contributed by atoms with Crippen molar-refractivity contribution in [2.45, 2.75) is 38.6 Å². The number of nitro groups is 1. The van der Waals surface area contributed by atoms with Crippen molar-refractivity contribution in [2.75, 3.05) is 13.1 Å². The number of non-ortho nitro benzene ring substituents is 1. The Hall–Kier alpha value is -1.79. The number of rotatable bonds is 4. The maximum absolute atomic E-state index is 12.9. The van der Waals surface area contributed by atoms with Crippen LogP contribution in [-0.2, 0) is 0 Å². The molecule has 0 radical (unpaired) electrons. The van der Waals surface area contributed by atoms with Gasteiger partial charge in [0.25, 0.3) is 5.69 Å². The van der Waals surface area contributed by atoms with Gasteiger partial charge in [0.15, 0.2) is 5.78 Å². The third kappa shape index (κ3) is 2.77. The lowest BCUT2D eigenvalue weighted by Crippen LogP contribution is -2.61. The largest absolute Gasteiger partial charge is 0.298 e. The minimum atomic E-state index is -0.392. The third-order valence-electron chi connectivity index (χ3n) is 6.23. The first-order chi connectivity index (χ1) is 11.9. The van der Waals surface area contributed by atoms with E-state index in [-0.39, 0.29) is 17.0 Å². The van der Waals surface area contributed by atoms with Crippen LogP contribution in [0.2, 0.25) is 0 Å². The van der Waals surface area contributed by atoms with Crippen molar-refractivity contribution in [2.24, 2.45) is 11.8 Å². The zero-order valence-electron chi connectivity index (χ0n) is 14.5. The lowest BCUT2D eigenvalue weighted by Gasteiger charge is -2.56. The highest BCUT2D eigenvalue weighted by molar-refractivity contribution is 7.20. The summed E-state index contributed by atoms with van der Waals surface area (Å²) >= 11 is 1.38. The molecule has 2 bridgehead atoms. The van der Waals surface area contributed by atoms with E-state index < -0.39 is 4.92 Å². The molecule has 4 heterocycles. The number of carbonyl (C=O) groups excluding carboxylic acids is 1. The number of nitrogens with zero attached hydrogens (tertiary/aromatic N) is 2. The van der Waals surface area contributed by atoms with Crippen LogP contribution in [0.3, 0.4) is 0 Å². The average Bonchev–Trinajstić information content (AvgIpc) is 3.01. The van der Waals surface area contributed by atoms with Crippen LogP contribution in [0, 0.1) is 22.0 Å². The summed E-state index contributed by atoms with van der Waals surface area (Å²) in [6, 6.07) is 6.69. The molecule has 132 valence electrons. The summed E-state index contributed by atoms with van der Waals surface area (Å²) in [6.45, 7) is 6.83. The first-order valence-electron chi connectivity index (χ1n) is 8.82. The zero-order valence-corrected chi connectivity index (χ0v) is 15.3. The Morgan fingerprint density at radius 1 is 1.32 bits per heavy atom. The second-order valence-corrected chi connectivity index (χ2v) is 8.89. The molecule has 1 atom stereocenters. The van der Waals surface area contributed by atoms with Gasteiger partial charge in [-0.1, -0.05) is 0 Å². The van der Waals surface area contributed by atoms with Gasteiger partial charge < -0.3 is 0 Å². The number of nitro benzene ring substituents is 1. The SMILES string of the molecule is CC1(C)[C@H](CC(=O)c2cc3ccc([N+](=O)[O-])cc3s2)C2CCN1CC2. The molecule has 0 saturated carbocycles. The van der Waals surface area contributed by atoms with Crippen LogP contribution in [-0.4, -0.2) is 34.2 Å². The number of hydrogen-bond acceptors (Lipinski definition) is 5. The number of Topliss-reactive ketones (excluding diaryl/α,β-unsaturated/α-hetero) is 1. The molecule has 2 aromatic rings. The number of hydrogen-bond donors (Lipinski definition) is 0. The quantitative estimate of drug-likeness (QED) is 0.458. The highest BCUT2D eigenvalue weighted by Crippen LogP contribution is 2.46. The molecular weight excluding hydrogens is 336 g/mol. The molecule has 6 heteroatoms. The summed E-state index contributed by atoms with van der Waals surface area (Å²) in [4.78, 5) is 26.7. The minimum Gasteiger partial charge on any atom is -0.298 e. The van der Waals surface area contributed by atoms with Gasteiger partial charge in [0.1, 0.15) is 0 Å². The van der Waals surface area contributed by atoms with Crippen LogP contribution in [0.4, 0.5) is 5.69 Å². The maximum atomic E-state index is 12.9. The maximum Gasteiger partial charge on any atom is 0.270 e. The minimum absolute atomic E-state index is 0.0757. The van der Waals surface area contributed by atoms with Gasteiger partial charge in [0.2, 0.25) is 0 Å². The normalized spacial score (nSPS) is 27.5. The van der Waals surface area contributed by atoms with Crippen molar-refractivity contribution >= 4 is 32.9 Å². The number of fused-ring (bicyclic) bond motifs is 4. The highest BCUT2D eigenvalue weighted by atomic mass is 32.1. The Morgan fingerprint density at radius 2 is 2.04 bits per heavy atom. The molecule has 1 aromatic heterocycles. The van der Waals surface area contributed by atoms with E-state index in [9.17, 15) is 14.9 Å². The summed E-state index contributed by atoms with van der Waals surface area (Å²) in [5.74, 6) is 1.21. The van der Waals surface area contributed by atoms with E-state index in [2.05, 4.69) is 18.7 Å². The van der Waals surface area contributed by atoms with Gasteiger partial charge in [-0.2, -0.15) is 0 Å². The number of thiophene rings is 1. The smallest absolute Gasteiger partial charge is 0.270 e. The number of benzene rings is 1. The molecule has 0 amide bonds. The topological polar surface area (TPSA) is 63.4 Å². The fraction of sp³-hybridized carbons (Fsp3) is 0.526. The van der Waals surface area contributed by atoms with Crippen molar-refractivity contribution in [1.29, 1.82) is 0 Å². The highest BCUT2D eigenvalue weighted by Gasteiger charge is 2.47. The predicted molar refractivity (Wildman–Crippen MR) is 99.3 cm³/mol. The fourth-order valence-electron chi connectivity index (χ4n) is 4.68. The molecule has 0 spiro atoms. The second kappa shape index (κ2) is 5.88. The average molecular weight is 358 g/mol. The van der Waals surface area contributed by atoms with E-state index in [1.165, 1.54) is 30.2 Å². The number of piperidine rings is 3. The fourth-order valence-corrected chi connectivity index (χ4v) is 5.72. The van der Waals surface area contributed by atoms with Crippen molar-refractivity contribution in [3.63, 3.8) is 0 Å². The summed E-state index contributed by atoms with van der Waals surface area (Å²) in [6.07, 6.45) is 2.96. The van der Waals surface area contributed by atoms with Crippen LogP contribution < -0.4 is 0 Å². The van der Waals surface area contributed by atoms with Gasteiger partial charge in [0.05, 0.1) is 9.80 Å². The lowest BCUT2D eigenvalue weighted by molar-refractivity contribution is -0.384. The number of carbonyl (C=O) groups is 1. The Labute approximate surface area is 150 Å². The summed E-state index contributed by atoms with van der Waals surface area (Å²) in [5.41, 5.74) is 0.151. The van der Waals surface area contributed by atoms with Gasteiger partial charge in [-0.3, -0.25) is 19.8 Å². The Bertz CT molecular complexity index is 849. The molecule has 0 aliphatic carbocycles. The van der Waals surface area contributed by atoms with E-state index in [1.54, 1.807) is 12.1 Å². The molecule has 1 aromatic carbocycles. The van der Waals surface area contributed by atoms with Crippen molar-refractivity contribution in [3.05, 3.63) is 39.3 Å². The van der Waals surface area contributed by atoms with Gasteiger partial charge in [0, 0.05) is 28.8 Å². The second-order valence-electron chi connectivity index (χ2n) is 7.80. The molecule has 5 rings (SSSR count). The molecule has 3 aliphatic rings. The van der Waals surface area contributed by atoms with Gasteiger partial charge in [-0.25, -0.2) is 0 Å². The van der Waals surface area contributed by atoms with Crippen LogP contribution in [0.1, 0.15) is 42.8 Å². The van der Waals surface area contributed by atoms with E-state index in [0.29, 0.717) is 18.3 Å². The molecule has 0 N–H and O–H groups in total. The van der Waals surface area contributed by atoms with E-state index in [0.717, 1.165) is 28.1 Å². The first-order valence-corrected chi connectivity index (χ1v) is 9.64. The van der Waals surface area contributed by atoms with E-state index in [1.807, 2.05) is 6.07 Å². The Morgan fingerprint density at radius 3 is 2.68 bits per heavy atom. The molecule has 3 aliphatic heterocycles. The summed E-state index contributed by atoms with van der Waals surface area (Å²) in [7, 11) is 0. The summed E-state index contributed by atoms with van der Waals surface area (Å²) < 4.78 is 0.811. The van der Waals surface area contributed by atoms with Gasteiger partial charge >= 0.3 is 0 Å². The lowest BCUT2D eigenvalue weighted by atomic mass is 9.65. The van der Waals surface area contributed by atoms with E-state index in [4.69, 9.17) is 0 Å². The summed E-state index contributed by atoms with van der Waals surface area (Å²) in [5, 5.41) is 11.8. The van der Waals surface area contributed by atoms with Crippen molar-refractivity contribution in [3.8, 4) is 0 Å². The Kier molecular flexibility index (Phi) is 3.92. The first kappa shape index (κ1) is 16.7. The predicted octanol–water partition coefficient (Wildman–Crippen LogP) is 4.50. The van der Waals surface area contributed by atoms with Crippen LogP contribution in [0.15, 0.2) is 24.3 Å². The Balaban J connectivity index is 1.59. The molecule has 5 nitrogen and oxygen atoms in total. The monoisotopic (exact) mass is 358 g/mol. The van der Waals surface area contributed by atoms with E-state index >= 15 is 0 Å². The van der Waals surface area contributed by atoms with Crippen LogP contribution in [0.25, 0.3) is 10.1 Å². The molecule has 3 saturated heterocycles. The van der Waals surface area contributed by atoms with Gasteiger partial charge in [-0.15, -0.1) is 11.3 Å². The van der Waals surface area contributed by atoms with Gasteiger partial charge in [-0.05, 0) is 69.1 Å². The molecular formula is C19H22N2O3S. The van der Waals surface area contributed by atoms with Crippen LogP contribution in [0.5, 0.6) is 0 Å². The number of ketones is 1. The molecule has 0 unspecified atom stereocenters.